The summed E-state index contributed by atoms with van der Waals surface area (Å²) in [5, 5.41) is 3.80. The quantitative estimate of drug-likeness (QED) is 0.648. The van der Waals surface area contributed by atoms with Gasteiger partial charge >= 0.3 is 0 Å². The molecule has 0 aliphatic carbocycles. The Balaban J connectivity index is 1.63. The number of carbonyl (C=O) groups is 1. The van der Waals surface area contributed by atoms with Crippen LogP contribution in [-0.2, 0) is 6.42 Å². The normalized spacial score (nSPS) is 10.4. The highest BCUT2D eigenvalue weighted by Gasteiger charge is 2.13. The third kappa shape index (κ3) is 4.98. The second kappa shape index (κ2) is 9.19. The van der Waals surface area contributed by atoms with Crippen molar-refractivity contribution in [3.63, 3.8) is 0 Å². The molecule has 1 N–H and O–H groups in total. The molecule has 1 aromatic carbocycles. The van der Waals surface area contributed by atoms with Crippen molar-refractivity contribution >= 4 is 28.9 Å². The predicted octanol–water partition coefficient (Wildman–Crippen LogP) is 4.20. The average Bonchev–Trinajstić information content (AvgIpc) is 2.73. The number of likely N-dealkylation sites (N-methyl/N-ethyl adjacent to an activating group) is 1. The van der Waals surface area contributed by atoms with E-state index in [1.165, 1.54) is 0 Å². The van der Waals surface area contributed by atoms with Crippen LogP contribution < -0.4 is 10.1 Å². The van der Waals surface area contributed by atoms with Gasteiger partial charge in [-0.3, -0.25) is 9.78 Å². The highest BCUT2D eigenvalue weighted by molar-refractivity contribution is 6.31. The molecular formula is C21H21ClN4O2. The van der Waals surface area contributed by atoms with E-state index in [4.69, 9.17) is 16.3 Å². The number of hydrogen-bond acceptors (Lipinski definition) is 5. The molecule has 2 heterocycles. The number of nitrogens with one attached hydrogen (secondary N) is 1. The van der Waals surface area contributed by atoms with Crippen molar-refractivity contribution in [1.29, 1.82) is 0 Å². The maximum absolute atomic E-state index is 12.6. The number of aromatic nitrogens is 2. The maximum Gasteiger partial charge on any atom is 0.272 e. The van der Waals surface area contributed by atoms with Gasteiger partial charge in [-0.15, -0.1) is 0 Å². The zero-order valence-electron chi connectivity index (χ0n) is 15.7. The number of carbonyl (C=O) groups excluding carboxylic acids is 1. The Hall–Kier alpha value is -3.12. The Morgan fingerprint density at radius 2 is 1.96 bits per heavy atom. The number of ether oxygens (including phenoxy) is 1. The minimum Gasteiger partial charge on any atom is -0.495 e. The van der Waals surface area contributed by atoms with Gasteiger partial charge in [-0.25, -0.2) is 4.98 Å². The number of pyridine rings is 2. The van der Waals surface area contributed by atoms with Crippen LogP contribution in [0.4, 0.5) is 11.4 Å². The summed E-state index contributed by atoms with van der Waals surface area (Å²) in [6.45, 7) is 0.601. The number of methoxy groups -OCH3 is 1. The summed E-state index contributed by atoms with van der Waals surface area (Å²) in [5.74, 6) is 0.543. The van der Waals surface area contributed by atoms with Crippen molar-refractivity contribution in [3.05, 3.63) is 77.3 Å². The first-order valence-corrected chi connectivity index (χ1v) is 9.15. The Morgan fingerprint density at radius 1 is 1.18 bits per heavy atom. The van der Waals surface area contributed by atoms with E-state index in [1.807, 2.05) is 12.1 Å². The summed E-state index contributed by atoms with van der Waals surface area (Å²) in [5.41, 5.74) is 2.99. The van der Waals surface area contributed by atoms with Crippen LogP contribution in [0.1, 0.15) is 16.1 Å². The number of anilines is 2. The van der Waals surface area contributed by atoms with Gasteiger partial charge in [0.25, 0.3) is 5.91 Å². The molecule has 144 valence electrons. The molecule has 7 heteroatoms. The molecule has 1 amide bonds. The van der Waals surface area contributed by atoms with E-state index in [-0.39, 0.29) is 5.91 Å². The van der Waals surface area contributed by atoms with Crippen molar-refractivity contribution < 1.29 is 9.53 Å². The van der Waals surface area contributed by atoms with Gasteiger partial charge in [-0.2, -0.15) is 0 Å². The molecule has 0 radical (unpaired) electrons. The van der Waals surface area contributed by atoms with Gasteiger partial charge in [0.15, 0.2) is 0 Å². The minimum absolute atomic E-state index is 0.124. The molecule has 0 saturated carbocycles. The van der Waals surface area contributed by atoms with Crippen molar-refractivity contribution in [2.75, 3.05) is 26.0 Å². The number of halogens is 1. The van der Waals surface area contributed by atoms with Crippen LogP contribution in [0.15, 0.2) is 61.1 Å². The molecule has 0 spiro atoms. The Labute approximate surface area is 169 Å². The lowest BCUT2D eigenvalue weighted by Gasteiger charge is -2.17. The maximum atomic E-state index is 12.6. The summed E-state index contributed by atoms with van der Waals surface area (Å²) in [7, 11) is 3.37. The minimum atomic E-state index is -0.124. The largest absolute Gasteiger partial charge is 0.495 e. The van der Waals surface area contributed by atoms with Crippen LogP contribution in [0.25, 0.3) is 0 Å². The lowest BCUT2D eigenvalue weighted by Crippen LogP contribution is -2.29. The molecule has 0 aliphatic heterocycles. The van der Waals surface area contributed by atoms with Gasteiger partial charge in [0, 0.05) is 31.0 Å². The van der Waals surface area contributed by atoms with E-state index in [2.05, 4.69) is 15.3 Å². The molecule has 0 aliphatic rings. The number of rotatable bonds is 7. The van der Waals surface area contributed by atoms with Crippen LogP contribution in [-0.4, -0.2) is 41.5 Å². The number of nitrogens with zero attached hydrogens (tertiary/aromatic N) is 3. The third-order valence-corrected chi connectivity index (χ3v) is 4.49. The first-order valence-electron chi connectivity index (χ1n) is 8.78. The SMILES string of the molecule is COc1ccc(Cl)cc1Nc1ccc(C(=O)N(C)CCc2ccncc2)nc1. The fourth-order valence-electron chi connectivity index (χ4n) is 2.67. The topological polar surface area (TPSA) is 67.3 Å². The summed E-state index contributed by atoms with van der Waals surface area (Å²) >= 11 is 6.05. The molecule has 3 rings (SSSR count). The van der Waals surface area contributed by atoms with Crippen molar-refractivity contribution in [3.8, 4) is 5.75 Å². The van der Waals surface area contributed by atoms with Gasteiger partial charge in [0.2, 0.25) is 0 Å². The highest BCUT2D eigenvalue weighted by atomic mass is 35.5. The summed E-state index contributed by atoms with van der Waals surface area (Å²) in [6, 6.07) is 12.7. The summed E-state index contributed by atoms with van der Waals surface area (Å²) < 4.78 is 5.32. The van der Waals surface area contributed by atoms with Crippen molar-refractivity contribution in [1.82, 2.24) is 14.9 Å². The molecule has 6 nitrogen and oxygen atoms in total. The molecule has 3 aromatic rings. The fourth-order valence-corrected chi connectivity index (χ4v) is 2.84. The average molecular weight is 397 g/mol. The van der Waals surface area contributed by atoms with Gasteiger partial charge in [0.05, 0.1) is 24.7 Å². The molecular weight excluding hydrogens is 376 g/mol. The molecule has 0 fully saturated rings. The molecule has 0 unspecified atom stereocenters. The van der Waals surface area contributed by atoms with Crippen molar-refractivity contribution in [2.24, 2.45) is 0 Å². The van der Waals surface area contributed by atoms with Crippen LogP contribution in [0, 0.1) is 0 Å². The van der Waals surface area contributed by atoms with E-state index in [0.29, 0.717) is 23.0 Å². The Kier molecular flexibility index (Phi) is 6.45. The van der Waals surface area contributed by atoms with Crippen LogP contribution in [0.5, 0.6) is 5.75 Å². The van der Waals surface area contributed by atoms with Gasteiger partial charge in [0.1, 0.15) is 11.4 Å². The lowest BCUT2D eigenvalue weighted by molar-refractivity contribution is 0.0791. The zero-order valence-corrected chi connectivity index (χ0v) is 16.5. The van der Waals surface area contributed by atoms with E-state index >= 15 is 0 Å². The fraction of sp³-hybridized carbons (Fsp3) is 0.190. The Morgan fingerprint density at radius 3 is 2.64 bits per heavy atom. The molecule has 0 bridgehead atoms. The molecule has 28 heavy (non-hydrogen) atoms. The molecule has 0 saturated heterocycles. The second-order valence-electron chi connectivity index (χ2n) is 6.23. The van der Waals surface area contributed by atoms with Crippen LogP contribution in [0.2, 0.25) is 5.02 Å². The highest BCUT2D eigenvalue weighted by Crippen LogP contribution is 2.30. The second-order valence-corrected chi connectivity index (χ2v) is 6.67. The molecule has 0 atom stereocenters. The van der Waals surface area contributed by atoms with Gasteiger partial charge in [-0.1, -0.05) is 11.6 Å². The molecule has 2 aromatic heterocycles. The van der Waals surface area contributed by atoms with E-state index in [9.17, 15) is 4.79 Å². The number of benzene rings is 1. The first kappa shape index (κ1) is 19.6. The third-order valence-electron chi connectivity index (χ3n) is 4.26. The van der Waals surface area contributed by atoms with Gasteiger partial charge in [-0.05, 0) is 54.4 Å². The van der Waals surface area contributed by atoms with Gasteiger partial charge < -0.3 is 15.0 Å². The van der Waals surface area contributed by atoms with E-state index < -0.39 is 0 Å². The van der Waals surface area contributed by atoms with E-state index in [1.54, 1.807) is 68.0 Å². The summed E-state index contributed by atoms with van der Waals surface area (Å²) in [4.78, 5) is 22.5. The Bertz CT molecular complexity index is 933. The smallest absolute Gasteiger partial charge is 0.272 e. The van der Waals surface area contributed by atoms with Crippen LogP contribution in [0.3, 0.4) is 0 Å². The lowest BCUT2D eigenvalue weighted by atomic mass is 10.2. The summed E-state index contributed by atoms with van der Waals surface area (Å²) in [6.07, 6.45) is 5.88. The monoisotopic (exact) mass is 396 g/mol. The number of amides is 1. The predicted molar refractivity (Wildman–Crippen MR) is 110 cm³/mol. The first-order chi connectivity index (χ1) is 13.6. The van der Waals surface area contributed by atoms with Crippen molar-refractivity contribution in [2.45, 2.75) is 6.42 Å². The zero-order chi connectivity index (χ0) is 19.9. The van der Waals surface area contributed by atoms with Crippen LogP contribution >= 0.6 is 11.6 Å². The standard InChI is InChI=1S/C21H21ClN4O2/c1-26(12-9-15-7-10-23-11-8-15)21(27)18-5-4-17(14-24-18)25-19-13-16(22)3-6-20(19)28-2/h3-8,10-11,13-14,25H,9,12H2,1-2H3. The van der Waals surface area contributed by atoms with E-state index in [0.717, 1.165) is 23.4 Å². The number of hydrogen-bond donors (Lipinski definition) is 1.